The van der Waals surface area contributed by atoms with Gasteiger partial charge in [0.25, 0.3) is 0 Å². The zero-order valence-corrected chi connectivity index (χ0v) is 17.4. The topological polar surface area (TPSA) is 37.3 Å². The highest BCUT2D eigenvalue weighted by molar-refractivity contribution is 8.13. The quantitative estimate of drug-likeness (QED) is 0.480. The first-order chi connectivity index (χ1) is 11.9. The summed E-state index contributed by atoms with van der Waals surface area (Å²) in [4.78, 5) is 11.1. The molecule has 0 saturated heterocycles. The van der Waals surface area contributed by atoms with E-state index in [0.29, 0.717) is 5.82 Å². The fourth-order valence-corrected chi connectivity index (χ4v) is 3.60. The minimum absolute atomic E-state index is 0.674. The van der Waals surface area contributed by atoms with Gasteiger partial charge in [-0.2, -0.15) is 0 Å². The predicted molar refractivity (Wildman–Crippen MR) is 112 cm³/mol. The van der Waals surface area contributed by atoms with E-state index < -0.39 is 0 Å². The van der Waals surface area contributed by atoms with Crippen molar-refractivity contribution in [2.75, 3.05) is 6.26 Å². The van der Waals surface area contributed by atoms with Crippen LogP contribution in [-0.4, -0.2) is 16.4 Å². The third-order valence-corrected chi connectivity index (χ3v) is 5.80. The Morgan fingerprint density at radius 3 is 2.60 bits per heavy atom. The molecule has 0 bridgehead atoms. The second-order valence-electron chi connectivity index (χ2n) is 5.71. The van der Waals surface area contributed by atoms with E-state index in [1.165, 1.54) is 5.57 Å². The van der Waals surface area contributed by atoms with Gasteiger partial charge in [0.1, 0.15) is 0 Å². The first kappa shape index (κ1) is 19.9. The van der Waals surface area contributed by atoms with Gasteiger partial charge in [0.2, 0.25) is 0 Å². The summed E-state index contributed by atoms with van der Waals surface area (Å²) in [7, 11) is 0. The van der Waals surface area contributed by atoms with Crippen LogP contribution in [-0.2, 0) is 0 Å². The number of nitrogens with one attached hydrogen (secondary N) is 1. The molecule has 6 heteroatoms. The van der Waals surface area contributed by atoms with E-state index >= 15 is 0 Å². The highest BCUT2D eigenvalue weighted by Gasteiger charge is 2.07. The van der Waals surface area contributed by atoms with Gasteiger partial charge in [0.15, 0.2) is 11.0 Å². The monoisotopic (exact) mass is 391 g/mol. The minimum atomic E-state index is 0.674. The summed E-state index contributed by atoms with van der Waals surface area (Å²) < 4.78 is 0. The Hall–Kier alpha value is -1.43. The molecule has 2 rings (SSSR count). The second kappa shape index (κ2) is 9.32. The lowest BCUT2D eigenvalue weighted by Crippen LogP contribution is -2.18. The van der Waals surface area contributed by atoms with Gasteiger partial charge in [-0.1, -0.05) is 52.8 Å². The average Bonchev–Trinajstić information content (AvgIpc) is 2.58. The van der Waals surface area contributed by atoms with Crippen LogP contribution in [0.5, 0.6) is 0 Å². The van der Waals surface area contributed by atoms with Crippen molar-refractivity contribution in [3.63, 3.8) is 0 Å². The zero-order chi connectivity index (χ0) is 18.4. The summed E-state index contributed by atoms with van der Waals surface area (Å²) in [6.45, 7) is 8.25. The van der Waals surface area contributed by atoms with Crippen LogP contribution in [0.15, 0.2) is 62.6 Å². The summed E-state index contributed by atoms with van der Waals surface area (Å²) >= 11 is 9.52. The SMILES string of the molecule is CSC(=Nc1cc(Sc2c(C)cccc2Cl)ccn1)NC(C)=C(C)C. The van der Waals surface area contributed by atoms with Gasteiger partial charge in [0.05, 0.1) is 5.02 Å². The molecule has 0 aliphatic rings. The maximum Gasteiger partial charge on any atom is 0.167 e. The highest BCUT2D eigenvalue weighted by atomic mass is 35.5. The van der Waals surface area contributed by atoms with Crippen LogP contribution in [0.1, 0.15) is 26.3 Å². The summed E-state index contributed by atoms with van der Waals surface area (Å²) in [5.41, 5.74) is 3.49. The molecule has 0 aliphatic heterocycles. The van der Waals surface area contributed by atoms with E-state index in [2.05, 4.69) is 42.1 Å². The molecule has 0 amide bonds. The largest absolute Gasteiger partial charge is 0.339 e. The number of aromatic nitrogens is 1. The summed E-state index contributed by atoms with van der Waals surface area (Å²) in [5, 5.41) is 4.91. The third kappa shape index (κ3) is 5.80. The standard InChI is InChI=1S/C19H22ClN3S2/c1-12(2)14(4)22-19(24-5)23-17-11-15(9-10-21-17)25-18-13(3)7-6-8-16(18)20/h6-11H,1-5H3,(H,21,22,23). The Kier molecular flexibility index (Phi) is 7.41. The molecule has 132 valence electrons. The first-order valence-electron chi connectivity index (χ1n) is 7.83. The van der Waals surface area contributed by atoms with Crippen LogP contribution >= 0.6 is 35.1 Å². The average molecular weight is 392 g/mol. The van der Waals surface area contributed by atoms with E-state index in [1.54, 1.807) is 29.7 Å². The predicted octanol–water partition coefficient (Wildman–Crippen LogP) is 6.45. The lowest BCUT2D eigenvalue weighted by Gasteiger charge is -2.10. The maximum absolute atomic E-state index is 6.33. The van der Waals surface area contributed by atoms with Crippen molar-refractivity contribution in [2.45, 2.75) is 37.5 Å². The summed E-state index contributed by atoms with van der Waals surface area (Å²) in [6, 6.07) is 9.89. The molecule has 0 fully saturated rings. The number of benzene rings is 1. The Labute approximate surface area is 163 Å². The van der Waals surface area contributed by atoms with Gasteiger partial charge in [-0.05, 0) is 57.7 Å². The van der Waals surface area contributed by atoms with Crippen LogP contribution in [0.4, 0.5) is 5.82 Å². The van der Waals surface area contributed by atoms with E-state index in [-0.39, 0.29) is 0 Å². The molecule has 0 atom stereocenters. The lowest BCUT2D eigenvalue weighted by atomic mass is 10.2. The number of hydrogen-bond donors (Lipinski definition) is 1. The number of aliphatic imine (C=N–C) groups is 1. The van der Waals surface area contributed by atoms with Gasteiger partial charge in [-0.3, -0.25) is 0 Å². The number of pyridine rings is 1. The van der Waals surface area contributed by atoms with E-state index in [9.17, 15) is 0 Å². The van der Waals surface area contributed by atoms with Crippen molar-refractivity contribution in [3.8, 4) is 0 Å². The van der Waals surface area contributed by atoms with Gasteiger partial charge in [-0.25, -0.2) is 9.98 Å². The normalized spacial score (nSPS) is 11.4. The van der Waals surface area contributed by atoms with Crippen molar-refractivity contribution in [1.29, 1.82) is 0 Å². The number of allylic oxidation sites excluding steroid dienone is 2. The number of thioether (sulfide) groups is 1. The molecule has 1 aromatic carbocycles. The smallest absolute Gasteiger partial charge is 0.167 e. The van der Waals surface area contributed by atoms with Crippen LogP contribution in [0.3, 0.4) is 0 Å². The van der Waals surface area contributed by atoms with E-state index in [4.69, 9.17) is 11.6 Å². The Morgan fingerprint density at radius 1 is 1.20 bits per heavy atom. The molecule has 25 heavy (non-hydrogen) atoms. The molecule has 0 saturated carbocycles. The van der Waals surface area contributed by atoms with Crippen LogP contribution < -0.4 is 5.32 Å². The number of aryl methyl sites for hydroxylation is 1. The van der Waals surface area contributed by atoms with Crippen LogP contribution in [0, 0.1) is 6.92 Å². The Morgan fingerprint density at radius 2 is 1.96 bits per heavy atom. The Balaban J connectivity index is 2.26. The molecule has 0 radical (unpaired) electrons. The number of nitrogens with zero attached hydrogens (tertiary/aromatic N) is 2. The summed E-state index contributed by atoms with van der Waals surface area (Å²) in [5.74, 6) is 0.674. The minimum Gasteiger partial charge on any atom is -0.339 e. The molecule has 1 heterocycles. The van der Waals surface area contributed by atoms with Gasteiger partial charge in [-0.15, -0.1) is 0 Å². The molecule has 0 aliphatic carbocycles. The molecule has 2 aromatic rings. The molecule has 0 spiro atoms. The number of amidine groups is 1. The summed E-state index contributed by atoms with van der Waals surface area (Å²) in [6.07, 6.45) is 3.77. The fourth-order valence-electron chi connectivity index (χ4n) is 1.90. The van der Waals surface area contributed by atoms with Crippen molar-refractivity contribution in [2.24, 2.45) is 4.99 Å². The fraction of sp³-hybridized carbons (Fsp3) is 0.263. The first-order valence-corrected chi connectivity index (χ1v) is 10.3. The second-order valence-corrected chi connectivity index (χ2v) is 7.99. The van der Waals surface area contributed by atoms with Gasteiger partial charge < -0.3 is 5.32 Å². The van der Waals surface area contributed by atoms with Gasteiger partial charge in [0, 0.05) is 21.7 Å². The number of hydrogen-bond acceptors (Lipinski definition) is 4. The molecule has 1 N–H and O–H groups in total. The number of rotatable bonds is 4. The maximum atomic E-state index is 6.33. The van der Waals surface area contributed by atoms with Crippen molar-refractivity contribution >= 4 is 46.1 Å². The van der Waals surface area contributed by atoms with Crippen LogP contribution in [0.25, 0.3) is 0 Å². The highest BCUT2D eigenvalue weighted by Crippen LogP contribution is 2.36. The van der Waals surface area contributed by atoms with Crippen molar-refractivity contribution < 1.29 is 0 Å². The molecule has 1 aromatic heterocycles. The van der Waals surface area contributed by atoms with E-state index in [1.807, 2.05) is 37.4 Å². The van der Waals surface area contributed by atoms with Crippen LogP contribution in [0.2, 0.25) is 5.02 Å². The van der Waals surface area contributed by atoms with Crippen molar-refractivity contribution in [3.05, 3.63) is 58.4 Å². The number of halogens is 1. The molecular weight excluding hydrogens is 370 g/mol. The Bertz CT molecular complexity index is 792. The zero-order valence-electron chi connectivity index (χ0n) is 15.1. The molecule has 3 nitrogen and oxygen atoms in total. The van der Waals surface area contributed by atoms with Crippen molar-refractivity contribution in [1.82, 2.24) is 10.3 Å². The third-order valence-electron chi connectivity index (χ3n) is 3.55. The lowest BCUT2D eigenvalue weighted by molar-refractivity contribution is 1.07. The molecule has 0 unspecified atom stereocenters. The van der Waals surface area contributed by atoms with Gasteiger partial charge >= 0.3 is 0 Å². The van der Waals surface area contributed by atoms with E-state index in [0.717, 1.165) is 31.2 Å². The molecular formula is C19H22ClN3S2.